The molecule has 0 bridgehead atoms. The molecule has 1 heterocycles. The summed E-state index contributed by atoms with van der Waals surface area (Å²) in [4.78, 5) is 23.5. The molecule has 9 heteroatoms. The third-order valence-corrected chi connectivity index (χ3v) is 6.05. The molecule has 0 fully saturated rings. The first-order valence-corrected chi connectivity index (χ1v) is 10.5. The maximum absolute atomic E-state index is 15.5. The summed E-state index contributed by atoms with van der Waals surface area (Å²) in [6.45, 7) is -0.0558. The number of primary amides is 1. The Morgan fingerprint density at radius 2 is 1.88 bits per heavy atom. The molecule has 0 spiro atoms. The second-order valence-electron chi connectivity index (χ2n) is 7.66. The van der Waals surface area contributed by atoms with Gasteiger partial charge in [-0.05, 0) is 29.8 Å². The van der Waals surface area contributed by atoms with Gasteiger partial charge < -0.3 is 26.2 Å². The summed E-state index contributed by atoms with van der Waals surface area (Å²) in [6, 6.07) is 15.2. The molecule has 1 aliphatic heterocycles. The Labute approximate surface area is 194 Å². The van der Waals surface area contributed by atoms with Crippen LogP contribution in [0.1, 0.15) is 21.5 Å². The zero-order valence-electron chi connectivity index (χ0n) is 17.6. The molecule has 0 aliphatic carbocycles. The predicted octanol–water partition coefficient (Wildman–Crippen LogP) is 4.38. The van der Waals surface area contributed by atoms with Crippen LogP contribution in [0.2, 0.25) is 5.02 Å². The van der Waals surface area contributed by atoms with Gasteiger partial charge in [-0.15, -0.1) is 0 Å². The zero-order chi connectivity index (χ0) is 23.8. The maximum Gasteiger partial charge on any atom is 0.404 e. The minimum absolute atomic E-state index is 0.0253. The number of rotatable bonds is 6. The molecule has 1 aliphatic rings. The van der Waals surface area contributed by atoms with Crippen molar-refractivity contribution in [1.29, 1.82) is 0 Å². The van der Waals surface area contributed by atoms with Gasteiger partial charge in [-0.25, -0.2) is 9.18 Å². The highest BCUT2D eigenvalue weighted by atomic mass is 35.5. The van der Waals surface area contributed by atoms with Gasteiger partial charge in [0, 0.05) is 35.2 Å². The van der Waals surface area contributed by atoms with Gasteiger partial charge in [0.2, 0.25) is 5.91 Å². The van der Waals surface area contributed by atoms with E-state index in [9.17, 15) is 14.7 Å². The van der Waals surface area contributed by atoms with Crippen molar-refractivity contribution in [1.82, 2.24) is 5.32 Å². The lowest BCUT2D eigenvalue weighted by Gasteiger charge is -2.29. The van der Waals surface area contributed by atoms with E-state index in [0.717, 1.165) is 5.56 Å². The molecule has 3 aromatic rings. The number of benzene rings is 3. The average molecular weight is 470 g/mol. The molecule has 33 heavy (non-hydrogen) atoms. The number of nitrogens with two attached hydrogens (primary N) is 1. The molecule has 3 aromatic carbocycles. The van der Waals surface area contributed by atoms with Crippen molar-refractivity contribution in [2.24, 2.45) is 5.73 Å². The summed E-state index contributed by atoms with van der Waals surface area (Å²) in [5.41, 5.74) is 6.14. The molecule has 5 N–H and O–H groups in total. The Kier molecular flexibility index (Phi) is 5.86. The smallest absolute Gasteiger partial charge is 0.404 e. The quantitative estimate of drug-likeness (QED) is 0.427. The van der Waals surface area contributed by atoms with E-state index in [-0.39, 0.29) is 40.4 Å². The third-order valence-electron chi connectivity index (χ3n) is 5.74. The summed E-state index contributed by atoms with van der Waals surface area (Å²) in [7, 11) is 1.56. The van der Waals surface area contributed by atoms with E-state index in [4.69, 9.17) is 22.1 Å². The Bertz CT molecular complexity index is 1250. The van der Waals surface area contributed by atoms with Gasteiger partial charge in [0.05, 0.1) is 17.8 Å². The number of carbonyl (C=O) groups is 2. The van der Waals surface area contributed by atoms with Gasteiger partial charge in [0.25, 0.3) is 0 Å². The number of hydrogen-bond donors (Lipinski definition) is 4. The van der Waals surface area contributed by atoms with Crippen molar-refractivity contribution < 1.29 is 23.8 Å². The van der Waals surface area contributed by atoms with Crippen LogP contribution in [-0.4, -0.2) is 30.7 Å². The van der Waals surface area contributed by atoms with Crippen LogP contribution < -0.4 is 21.1 Å². The Balaban J connectivity index is 1.94. The second kappa shape index (κ2) is 8.63. The zero-order valence-corrected chi connectivity index (χ0v) is 18.4. The molecule has 0 aromatic heterocycles. The van der Waals surface area contributed by atoms with Crippen molar-refractivity contribution >= 4 is 29.3 Å². The molecule has 2 amide bonds. The summed E-state index contributed by atoms with van der Waals surface area (Å²) in [6.07, 6.45) is -1.02. The van der Waals surface area contributed by atoms with Crippen LogP contribution in [0, 0.1) is 5.82 Å². The van der Waals surface area contributed by atoms with Gasteiger partial charge in [-0.2, -0.15) is 0 Å². The van der Waals surface area contributed by atoms with E-state index in [1.54, 1.807) is 19.2 Å². The summed E-state index contributed by atoms with van der Waals surface area (Å²) < 4.78 is 21.8. The molecule has 1 atom stereocenters. The van der Waals surface area contributed by atoms with Crippen LogP contribution in [0.4, 0.5) is 14.9 Å². The molecular formula is C24H21ClFN3O4. The van der Waals surface area contributed by atoms with Crippen LogP contribution in [0.3, 0.4) is 0 Å². The number of halogens is 2. The average Bonchev–Trinajstić information content (AvgIpc) is 3.18. The van der Waals surface area contributed by atoms with Gasteiger partial charge >= 0.3 is 6.09 Å². The van der Waals surface area contributed by atoms with E-state index >= 15 is 4.39 Å². The molecule has 0 saturated carbocycles. The summed E-state index contributed by atoms with van der Waals surface area (Å²) >= 11 is 6.55. The first-order valence-electron chi connectivity index (χ1n) is 10.1. The summed E-state index contributed by atoms with van der Waals surface area (Å²) in [5, 5.41) is 14.6. The van der Waals surface area contributed by atoms with Crippen LogP contribution in [0.15, 0.2) is 54.6 Å². The highest BCUT2D eigenvalue weighted by Gasteiger charge is 2.43. The molecule has 4 rings (SSSR count). The van der Waals surface area contributed by atoms with Gasteiger partial charge in [-0.1, -0.05) is 41.9 Å². The lowest BCUT2D eigenvalue weighted by atomic mass is 9.85. The monoisotopic (exact) mass is 469 g/mol. The number of anilines is 1. The SMILES string of the molecule is CNc1ccc(C(N)=O)c(-c2c(Cl)ccc3c2C[C@@](CNC(=O)O)(c2ccccc2)O3)c1F. The van der Waals surface area contributed by atoms with Crippen molar-refractivity contribution in [2.45, 2.75) is 12.0 Å². The van der Waals surface area contributed by atoms with Crippen LogP contribution in [0.5, 0.6) is 5.75 Å². The van der Waals surface area contributed by atoms with Crippen molar-refractivity contribution in [3.8, 4) is 16.9 Å². The van der Waals surface area contributed by atoms with Gasteiger partial charge in [0.15, 0.2) is 11.4 Å². The highest BCUT2D eigenvalue weighted by molar-refractivity contribution is 6.34. The predicted molar refractivity (Wildman–Crippen MR) is 123 cm³/mol. The normalized spacial score (nSPS) is 16.6. The Morgan fingerprint density at radius 3 is 2.52 bits per heavy atom. The fourth-order valence-electron chi connectivity index (χ4n) is 4.21. The minimum Gasteiger partial charge on any atom is -0.480 e. The fourth-order valence-corrected chi connectivity index (χ4v) is 4.49. The van der Waals surface area contributed by atoms with Crippen molar-refractivity contribution in [2.75, 3.05) is 18.9 Å². The summed E-state index contributed by atoms with van der Waals surface area (Å²) in [5.74, 6) is -1.07. The largest absolute Gasteiger partial charge is 0.480 e. The number of ether oxygens (including phenoxy) is 1. The number of carboxylic acid groups (broad SMARTS) is 1. The molecular weight excluding hydrogens is 449 g/mol. The Hall–Kier alpha value is -3.78. The molecule has 0 saturated heterocycles. The lowest BCUT2D eigenvalue weighted by Crippen LogP contribution is -2.43. The first kappa shape index (κ1) is 22.4. The number of carbonyl (C=O) groups excluding carboxylic acids is 1. The van der Waals surface area contributed by atoms with Crippen molar-refractivity contribution in [3.05, 3.63) is 82.1 Å². The third kappa shape index (κ3) is 3.93. The van der Waals surface area contributed by atoms with Crippen molar-refractivity contribution in [3.63, 3.8) is 0 Å². The molecule has 170 valence electrons. The standard InChI is InChI=1S/C24H21ClFN3O4/c1-28-17-9-7-14(22(27)30)20(21(17)26)19-15-11-24(12-29-23(31)32,13-5-3-2-4-6-13)33-18(15)10-8-16(19)25/h2-10,28-29H,11-12H2,1H3,(H2,27,30)(H,31,32)/t24-/m1/s1. The van der Waals surface area contributed by atoms with Crippen LogP contribution >= 0.6 is 11.6 Å². The van der Waals surface area contributed by atoms with E-state index in [1.807, 2.05) is 30.3 Å². The number of fused-ring (bicyclic) bond motifs is 1. The highest BCUT2D eigenvalue weighted by Crippen LogP contribution is 2.49. The lowest BCUT2D eigenvalue weighted by molar-refractivity contribution is 0.0898. The maximum atomic E-state index is 15.5. The number of nitrogens with one attached hydrogen (secondary N) is 2. The van der Waals surface area contributed by atoms with Gasteiger partial charge in [-0.3, -0.25) is 4.79 Å². The van der Waals surface area contributed by atoms with Crippen LogP contribution in [-0.2, 0) is 12.0 Å². The number of amides is 2. The van der Waals surface area contributed by atoms with Gasteiger partial charge in [0.1, 0.15) is 5.75 Å². The minimum atomic E-state index is -1.20. The fraction of sp³-hybridized carbons (Fsp3) is 0.167. The van der Waals surface area contributed by atoms with E-state index in [2.05, 4.69) is 10.6 Å². The first-order chi connectivity index (χ1) is 15.8. The van der Waals surface area contributed by atoms with E-state index in [0.29, 0.717) is 11.3 Å². The van der Waals surface area contributed by atoms with E-state index in [1.165, 1.54) is 12.1 Å². The molecule has 7 nitrogen and oxygen atoms in total. The van der Waals surface area contributed by atoms with E-state index < -0.39 is 23.4 Å². The molecule has 0 unspecified atom stereocenters. The topological polar surface area (TPSA) is 114 Å². The second-order valence-corrected chi connectivity index (χ2v) is 8.07. The Morgan fingerprint density at radius 1 is 1.15 bits per heavy atom. The van der Waals surface area contributed by atoms with Crippen LogP contribution in [0.25, 0.3) is 11.1 Å². The number of hydrogen-bond acceptors (Lipinski definition) is 4. The molecule has 0 radical (unpaired) electrons.